The minimum Gasteiger partial charge on any atom is -0.507 e. The van der Waals surface area contributed by atoms with Crippen molar-refractivity contribution in [3.8, 4) is 17.2 Å². The van der Waals surface area contributed by atoms with Gasteiger partial charge in [-0.15, -0.1) is 0 Å². The number of nitrogens with one attached hydrogen (secondary N) is 3. The number of carbonyl (C=O) groups excluding carboxylic acids is 2. The standard InChI is InChI=1S/C28H39N5O6/c1-17(2)30-28(36)39-20-10-9-18(11-20)23-14-26(33-32-23)31-27(35)16-38-25-13-21(37-3)12-24(34)22(25)15-29-19-7-5-4-6-8-19/h12-15,17-20,34H,4-11,16H2,1-3H3,(H,30,36)(H2,31,32,33,35)/b29-15+/t18-,20+/m0/s1. The van der Waals surface area contributed by atoms with Crippen molar-refractivity contribution >= 4 is 24.0 Å². The maximum atomic E-state index is 12.7. The number of benzene rings is 1. The van der Waals surface area contributed by atoms with Crippen LogP contribution in [0.1, 0.15) is 82.4 Å². The Labute approximate surface area is 228 Å². The summed E-state index contributed by atoms with van der Waals surface area (Å²) in [5.41, 5.74) is 1.29. The van der Waals surface area contributed by atoms with Crippen LogP contribution in [0.25, 0.3) is 0 Å². The van der Waals surface area contributed by atoms with Gasteiger partial charge in [0, 0.05) is 48.1 Å². The lowest BCUT2D eigenvalue weighted by Crippen LogP contribution is -2.33. The molecule has 212 valence electrons. The number of carbonyl (C=O) groups is 2. The average Bonchev–Trinajstić information content (AvgIpc) is 3.56. The van der Waals surface area contributed by atoms with Gasteiger partial charge in [0.25, 0.3) is 5.91 Å². The molecule has 2 aliphatic carbocycles. The number of ether oxygens (including phenoxy) is 3. The number of anilines is 1. The monoisotopic (exact) mass is 541 g/mol. The highest BCUT2D eigenvalue weighted by atomic mass is 16.6. The van der Waals surface area contributed by atoms with Crippen LogP contribution >= 0.6 is 0 Å². The quantitative estimate of drug-likeness (QED) is 0.320. The first-order valence-electron chi connectivity index (χ1n) is 13.7. The molecule has 11 heteroatoms. The zero-order valence-electron chi connectivity index (χ0n) is 22.9. The van der Waals surface area contributed by atoms with Crippen LogP contribution in [-0.4, -0.2) is 65.4 Å². The Morgan fingerprint density at radius 3 is 2.72 bits per heavy atom. The van der Waals surface area contributed by atoms with Gasteiger partial charge in [0.15, 0.2) is 12.4 Å². The van der Waals surface area contributed by atoms with Crippen molar-refractivity contribution in [3.63, 3.8) is 0 Å². The largest absolute Gasteiger partial charge is 0.507 e. The van der Waals surface area contributed by atoms with Crippen LogP contribution in [0.2, 0.25) is 0 Å². The molecule has 2 aliphatic rings. The van der Waals surface area contributed by atoms with E-state index in [1.165, 1.54) is 19.6 Å². The number of aliphatic imine (C=N–C) groups is 1. The van der Waals surface area contributed by atoms with Gasteiger partial charge in [-0.25, -0.2) is 4.79 Å². The normalized spacial score (nSPS) is 19.8. The molecule has 1 aromatic carbocycles. The molecule has 0 unspecified atom stereocenters. The lowest BCUT2D eigenvalue weighted by molar-refractivity contribution is -0.118. The molecule has 2 fully saturated rings. The van der Waals surface area contributed by atoms with Crippen molar-refractivity contribution in [1.82, 2.24) is 15.5 Å². The van der Waals surface area contributed by atoms with E-state index in [9.17, 15) is 14.7 Å². The first kappa shape index (κ1) is 28.3. The number of aromatic hydroxyl groups is 1. The Kier molecular flexibility index (Phi) is 9.67. The predicted octanol–water partition coefficient (Wildman–Crippen LogP) is 4.66. The number of aromatic amines is 1. The van der Waals surface area contributed by atoms with E-state index in [4.69, 9.17) is 14.2 Å². The van der Waals surface area contributed by atoms with E-state index in [1.54, 1.807) is 18.3 Å². The molecule has 2 aromatic rings. The number of amides is 2. The number of hydrogen-bond donors (Lipinski definition) is 4. The summed E-state index contributed by atoms with van der Waals surface area (Å²) in [5.74, 6) is 0.832. The first-order chi connectivity index (χ1) is 18.8. The Morgan fingerprint density at radius 2 is 1.97 bits per heavy atom. The summed E-state index contributed by atoms with van der Waals surface area (Å²) in [6, 6.07) is 5.16. The molecule has 39 heavy (non-hydrogen) atoms. The molecule has 0 radical (unpaired) electrons. The molecule has 2 saturated carbocycles. The molecule has 0 spiro atoms. The number of alkyl carbamates (subject to hydrolysis) is 1. The number of phenolic OH excluding ortho intramolecular Hbond substituents is 1. The minimum atomic E-state index is -0.402. The Balaban J connectivity index is 1.32. The Morgan fingerprint density at radius 1 is 1.18 bits per heavy atom. The summed E-state index contributed by atoms with van der Waals surface area (Å²) in [4.78, 5) is 29.2. The summed E-state index contributed by atoms with van der Waals surface area (Å²) in [6.07, 6.45) is 8.97. The second kappa shape index (κ2) is 13.3. The fourth-order valence-corrected chi connectivity index (χ4v) is 5.05. The number of H-pyrrole nitrogens is 1. The molecular formula is C28H39N5O6. The van der Waals surface area contributed by atoms with Crippen LogP contribution in [0.3, 0.4) is 0 Å². The van der Waals surface area contributed by atoms with Gasteiger partial charge in [-0.05, 0) is 46.0 Å². The summed E-state index contributed by atoms with van der Waals surface area (Å²) in [7, 11) is 1.50. The van der Waals surface area contributed by atoms with E-state index in [-0.39, 0.29) is 36.5 Å². The third-order valence-electron chi connectivity index (χ3n) is 7.05. The summed E-state index contributed by atoms with van der Waals surface area (Å²) < 4.78 is 16.5. The molecular weight excluding hydrogens is 502 g/mol. The van der Waals surface area contributed by atoms with Gasteiger partial charge in [0.2, 0.25) is 0 Å². The summed E-state index contributed by atoms with van der Waals surface area (Å²) in [6.45, 7) is 3.48. The number of phenols is 1. The van der Waals surface area contributed by atoms with Gasteiger partial charge < -0.3 is 30.0 Å². The second-order valence-corrected chi connectivity index (χ2v) is 10.5. The van der Waals surface area contributed by atoms with Crippen molar-refractivity contribution in [2.75, 3.05) is 19.0 Å². The Hall–Kier alpha value is -3.76. The fourth-order valence-electron chi connectivity index (χ4n) is 5.05. The molecule has 4 rings (SSSR count). The lowest BCUT2D eigenvalue weighted by atomic mass is 9.96. The van der Waals surface area contributed by atoms with Crippen molar-refractivity contribution in [2.24, 2.45) is 4.99 Å². The lowest BCUT2D eigenvalue weighted by Gasteiger charge is -2.18. The number of aromatic nitrogens is 2. The molecule has 11 nitrogen and oxygen atoms in total. The van der Waals surface area contributed by atoms with Crippen LogP contribution in [0, 0.1) is 0 Å². The van der Waals surface area contributed by atoms with Crippen LogP contribution in [0.5, 0.6) is 17.2 Å². The topological polar surface area (TPSA) is 147 Å². The second-order valence-electron chi connectivity index (χ2n) is 10.5. The molecule has 2 amide bonds. The third kappa shape index (κ3) is 8.11. The number of rotatable bonds is 10. The van der Waals surface area contributed by atoms with E-state index in [0.717, 1.165) is 44.2 Å². The van der Waals surface area contributed by atoms with Gasteiger partial charge in [0.1, 0.15) is 23.4 Å². The van der Waals surface area contributed by atoms with Crippen LogP contribution in [0.4, 0.5) is 10.6 Å². The summed E-state index contributed by atoms with van der Waals surface area (Å²) in [5, 5.41) is 23.2. The van der Waals surface area contributed by atoms with Gasteiger partial charge in [0.05, 0.1) is 12.7 Å². The predicted molar refractivity (Wildman–Crippen MR) is 147 cm³/mol. The van der Waals surface area contributed by atoms with E-state index in [1.807, 2.05) is 13.8 Å². The molecule has 0 saturated heterocycles. The van der Waals surface area contributed by atoms with E-state index >= 15 is 0 Å². The maximum absolute atomic E-state index is 12.7. The van der Waals surface area contributed by atoms with E-state index in [0.29, 0.717) is 29.3 Å². The minimum absolute atomic E-state index is 0.0216. The molecule has 0 aliphatic heterocycles. The van der Waals surface area contributed by atoms with Gasteiger partial charge in [-0.1, -0.05) is 19.3 Å². The first-order valence-corrected chi connectivity index (χ1v) is 13.7. The zero-order valence-corrected chi connectivity index (χ0v) is 22.9. The fraction of sp³-hybridized carbons (Fsp3) is 0.571. The number of hydrogen-bond acceptors (Lipinski definition) is 8. The molecule has 4 N–H and O–H groups in total. The third-order valence-corrected chi connectivity index (χ3v) is 7.05. The van der Waals surface area contributed by atoms with Crippen molar-refractivity contribution in [1.29, 1.82) is 0 Å². The van der Waals surface area contributed by atoms with Crippen molar-refractivity contribution < 1.29 is 28.9 Å². The van der Waals surface area contributed by atoms with E-state index < -0.39 is 12.0 Å². The summed E-state index contributed by atoms with van der Waals surface area (Å²) >= 11 is 0. The van der Waals surface area contributed by atoms with Gasteiger partial charge in [-0.2, -0.15) is 5.10 Å². The van der Waals surface area contributed by atoms with Crippen LogP contribution in [-0.2, 0) is 9.53 Å². The highest BCUT2D eigenvalue weighted by Gasteiger charge is 2.30. The van der Waals surface area contributed by atoms with Gasteiger partial charge in [-0.3, -0.25) is 14.9 Å². The number of nitrogens with zero attached hydrogens (tertiary/aromatic N) is 2. The van der Waals surface area contributed by atoms with E-state index in [2.05, 4.69) is 25.8 Å². The SMILES string of the molecule is COc1cc(O)c(/C=N/C2CCCCC2)c(OCC(=O)Nc2cc([C@H]3CC[C@@H](OC(=O)NC(C)C)C3)[nH]n2)c1. The number of methoxy groups -OCH3 is 1. The maximum Gasteiger partial charge on any atom is 0.407 e. The highest BCUT2D eigenvalue weighted by molar-refractivity contribution is 5.92. The molecule has 1 heterocycles. The average molecular weight is 542 g/mol. The molecule has 1 aromatic heterocycles. The smallest absolute Gasteiger partial charge is 0.407 e. The molecule has 0 bridgehead atoms. The van der Waals surface area contributed by atoms with Crippen molar-refractivity contribution in [2.45, 2.75) is 89.3 Å². The van der Waals surface area contributed by atoms with Crippen LogP contribution < -0.4 is 20.1 Å². The van der Waals surface area contributed by atoms with Crippen molar-refractivity contribution in [3.05, 3.63) is 29.5 Å². The zero-order chi connectivity index (χ0) is 27.8. The van der Waals surface area contributed by atoms with Gasteiger partial charge >= 0.3 is 6.09 Å². The van der Waals surface area contributed by atoms with Crippen LogP contribution in [0.15, 0.2) is 23.2 Å². The molecule has 2 atom stereocenters. The highest BCUT2D eigenvalue weighted by Crippen LogP contribution is 2.36. The Bertz CT molecular complexity index is 1160.